The number of esters is 1. The van der Waals surface area contributed by atoms with Gasteiger partial charge in [-0.3, -0.25) is 4.79 Å². The first-order chi connectivity index (χ1) is 13.9. The lowest BCUT2D eigenvalue weighted by Crippen LogP contribution is -2.11. The number of hydrogen-bond donors (Lipinski definition) is 2. The zero-order chi connectivity index (χ0) is 21.0. The Morgan fingerprint density at radius 2 is 1.41 bits per heavy atom. The van der Waals surface area contributed by atoms with Gasteiger partial charge in [-0.05, 0) is 55.2 Å². The Morgan fingerprint density at radius 1 is 0.862 bits per heavy atom. The highest BCUT2D eigenvalue weighted by atomic mass is 32.1. The highest BCUT2D eigenvalue weighted by Gasteiger charge is 2.12. The van der Waals surface area contributed by atoms with Gasteiger partial charge in [-0.15, -0.1) is 0 Å². The third-order valence-electron chi connectivity index (χ3n) is 4.70. The molecule has 0 aliphatic rings. The zero-order valence-electron chi connectivity index (χ0n) is 17.0. The summed E-state index contributed by atoms with van der Waals surface area (Å²) in [7, 11) is 0. The number of thiol groups is 1. The van der Waals surface area contributed by atoms with Crippen LogP contribution in [0.4, 0.5) is 0 Å². The van der Waals surface area contributed by atoms with Crippen molar-refractivity contribution < 1.29 is 9.53 Å². The van der Waals surface area contributed by atoms with Crippen LogP contribution in [-0.2, 0) is 4.79 Å². The fourth-order valence-corrected chi connectivity index (χ4v) is 3.54. The average Bonchev–Trinajstić information content (AvgIpc) is 2.67. The molecule has 29 heavy (non-hydrogen) atoms. The van der Waals surface area contributed by atoms with Gasteiger partial charge in [0, 0.05) is 17.0 Å². The number of aryl methyl sites for hydroxylation is 2. The van der Waals surface area contributed by atoms with Gasteiger partial charge in [0.25, 0.3) is 0 Å². The van der Waals surface area contributed by atoms with Crippen molar-refractivity contribution >= 4 is 24.3 Å². The maximum Gasteiger partial charge on any atom is 0.312 e. The van der Waals surface area contributed by atoms with E-state index in [4.69, 9.17) is 10.1 Å². The summed E-state index contributed by atoms with van der Waals surface area (Å²) in [5, 5.41) is 8.06. The Kier molecular flexibility index (Phi) is 6.55. The van der Waals surface area contributed by atoms with Gasteiger partial charge >= 0.3 is 5.97 Å². The topological polar surface area (TPSA) is 50.1 Å². The van der Waals surface area contributed by atoms with Crippen LogP contribution in [0.3, 0.4) is 0 Å². The molecule has 0 amide bonds. The van der Waals surface area contributed by atoms with Gasteiger partial charge in [0.05, 0.1) is 6.42 Å². The molecule has 0 fully saturated rings. The minimum atomic E-state index is -0.340. The molecule has 4 heteroatoms. The van der Waals surface area contributed by atoms with Gasteiger partial charge < -0.3 is 10.1 Å². The molecule has 0 aliphatic carbocycles. The molecule has 0 saturated heterocycles. The van der Waals surface area contributed by atoms with Crippen LogP contribution in [0.15, 0.2) is 60.7 Å². The largest absolute Gasteiger partial charge is 0.426 e. The number of nitrogens with one attached hydrogen (secondary N) is 1. The monoisotopic (exact) mass is 403 g/mol. The summed E-state index contributed by atoms with van der Waals surface area (Å²) in [5.41, 5.74) is 7.87. The van der Waals surface area contributed by atoms with E-state index in [0.717, 1.165) is 11.1 Å². The van der Waals surface area contributed by atoms with E-state index in [1.165, 1.54) is 22.3 Å². The van der Waals surface area contributed by atoms with E-state index in [2.05, 4.69) is 68.9 Å². The summed E-state index contributed by atoms with van der Waals surface area (Å²) in [6, 6.07) is 20.5. The van der Waals surface area contributed by atoms with Crippen LogP contribution < -0.4 is 4.74 Å². The summed E-state index contributed by atoms with van der Waals surface area (Å²) in [5.74, 6) is 0.510. The predicted octanol–water partition coefficient (Wildman–Crippen LogP) is 6.25. The zero-order valence-corrected chi connectivity index (χ0v) is 17.8. The molecule has 0 radical (unpaired) electrons. The smallest absolute Gasteiger partial charge is 0.312 e. The Bertz CT molecular complexity index is 1030. The lowest BCUT2D eigenvalue weighted by Gasteiger charge is -2.12. The highest BCUT2D eigenvalue weighted by molar-refractivity contribution is 7.80. The van der Waals surface area contributed by atoms with E-state index >= 15 is 0 Å². The fourth-order valence-electron chi connectivity index (χ4n) is 3.35. The number of carbonyl (C=O) groups is 1. The molecule has 148 valence electrons. The molecule has 0 unspecified atom stereocenters. The number of benzene rings is 3. The van der Waals surface area contributed by atoms with Crippen LogP contribution in [0.1, 0.15) is 30.0 Å². The molecule has 0 aliphatic heterocycles. The molecule has 3 nitrogen and oxygen atoms in total. The maximum absolute atomic E-state index is 11.8. The molecule has 0 aromatic heterocycles. The first-order valence-corrected chi connectivity index (χ1v) is 10.2. The quantitative estimate of drug-likeness (QED) is 0.221. The van der Waals surface area contributed by atoms with Crippen molar-refractivity contribution in [3.63, 3.8) is 0 Å². The molecule has 3 aromatic carbocycles. The highest BCUT2D eigenvalue weighted by Crippen LogP contribution is 2.30. The Balaban J connectivity index is 1.91. The van der Waals surface area contributed by atoms with Gasteiger partial charge in [-0.25, -0.2) is 0 Å². The lowest BCUT2D eigenvalue weighted by atomic mass is 9.96. The van der Waals surface area contributed by atoms with Crippen molar-refractivity contribution in [1.29, 1.82) is 5.41 Å². The normalized spacial score (nSPS) is 10.6. The van der Waals surface area contributed by atoms with Crippen LogP contribution in [0, 0.1) is 19.3 Å². The molecule has 1 N–H and O–H groups in total. The molecule has 0 saturated carbocycles. The predicted molar refractivity (Wildman–Crippen MR) is 123 cm³/mol. The van der Waals surface area contributed by atoms with E-state index in [1.54, 1.807) is 13.0 Å². The van der Waals surface area contributed by atoms with Crippen LogP contribution in [0.5, 0.6) is 5.75 Å². The molecule has 0 atom stereocenters. The second-order valence-corrected chi connectivity index (χ2v) is 7.68. The summed E-state index contributed by atoms with van der Waals surface area (Å²) in [4.78, 5) is 11.8. The summed E-state index contributed by atoms with van der Waals surface area (Å²) in [6.07, 6.45) is 0.237. The third-order valence-corrected chi connectivity index (χ3v) is 4.92. The van der Waals surface area contributed by atoms with Crippen LogP contribution >= 0.6 is 12.6 Å². The molecule has 3 aromatic rings. The van der Waals surface area contributed by atoms with E-state index in [9.17, 15) is 4.79 Å². The number of carbonyl (C=O) groups excluding carboxylic acids is 1. The van der Waals surface area contributed by atoms with Crippen LogP contribution in [0.2, 0.25) is 0 Å². The molecule has 0 bridgehead atoms. The first-order valence-electron chi connectivity index (χ1n) is 9.57. The van der Waals surface area contributed by atoms with Gasteiger partial charge in [-0.1, -0.05) is 59.7 Å². The maximum atomic E-state index is 11.8. The first kappa shape index (κ1) is 20.9. The molecule has 3 rings (SSSR count). The van der Waals surface area contributed by atoms with Crippen molar-refractivity contribution in [2.45, 2.75) is 27.2 Å². The van der Waals surface area contributed by atoms with E-state index in [0.29, 0.717) is 22.8 Å². The average molecular weight is 404 g/mol. The van der Waals surface area contributed by atoms with Gasteiger partial charge in [-0.2, -0.15) is 12.6 Å². The Labute approximate surface area is 177 Å². The minimum absolute atomic E-state index is 0.237. The molecule has 0 spiro atoms. The van der Waals surface area contributed by atoms with Crippen molar-refractivity contribution in [1.82, 2.24) is 0 Å². The van der Waals surface area contributed by atoms with Crippen molar-refractivity contribution in [3.8, 4) is 28.0 Å². The summed E-state index contributed by atoms with van der Waals surface area (Å²) >= 11 is 4.06. The van der Waals surface area contributed by atoms with Crippen LogP contribution in [0.25, 0.3) is 22.3 Å². The number of hydrogen-bond acceptors (Lipinski definition) is 4. The standard InChI is InChI=1S/C25H25NO2S/c1-16-12-17(2)14-22(13-16)20-6-4-19(5-7-20)21-8-9-24(23(15-21)18(3)26)28-25(27)10-11-29/h4-9,12-15,26,29H,10-11H2,1-3H3. The fraction of sp³-hybridized carbons (Fsp3) is 0.200. The SMILES string of the molecule is CC(=N)c1cc(-c2ccc(-c3cc(C)cc(C)c3)cc2)ccc1OC(=O)CCS. The van der Waals surface area contributed by atoms with E-state index in [-0.39, 0.29) is 12.4 Å². The minimum Gasteiger partial charge on any atom is -0.426 e. The third kappa shape index (κ3) is 5.15. The van der Waals surface area contributed by atoms with Gasteiger partial charge in [0.15, 0.2) is 0 Å². The number of ether oxygens (including phenoxy) is 1. The van der Waals surface area contributed by atoms with Gasteiger partial charge in [0.2, 0.25) is 0 Å². The van der Waals surface area contributed by atoms with Crippen molar-refractivity contribution in [2.75, 3.05) is 5.75 Å². The molecule has 0 heterocycles. The second-order valence-electron chi connectivity index (χ2n) is 7.24. The van der Waals surface area contributed by atoms with Crippen LogP contribution in [-0.4, -0.2) is 17.4 Å². The van der Waals surface area contributed by atoms with Crippen molar-refractivity contribution in [2.24, 2.45) is 0 Å². The Morgan fingerprint density at radius 3 is 1.97 bits per heavy atom. The van der Waals surface area contributed by atoms with Crippen molar-refractivity contribution in [3.05, 3.63) is 77.4 Å². The van der Waals surface area contributed by atoms with E-state index < -0.39 is 0 Å². The lowest BCUT2D eigenvalue weighted by molar-refractivity contribution is -0.133. The summed E-state index contributed by atoms with van der Waals surface area (Å²) in [6.45, 7) is 5.91. The number of rotatable bonds is 6. The summed E-state index contributed by atoms with van der Waals surface area (Å²) < 4.78 is 5.41. The van der Waals surface area contributed by atoms with Gasteiger partial charge in [0.1, 0.15) is 5.75 Å². The molecular formula is C25H25NO2S. The second kappa shape index (κ2) is 9.10. The van der Waals surface area contributed by atoms with E-state index in [1.807, 2.05) is 12.1 Å². The molecular weight excluding hydrogens is 378 g/mol. The Hall–Kier alpha value is -2.85.